The maximum Gasteiger partial charge on any atom is 0.125 e. The zero-order valence-corrected chi connectivity index (χ0v) is 14.7. The van der Waals surface area contributed by atoms with Crippen molar-refractivity contribution in [3.63, 3.8) is 0 Å². The lowest BCUT2D eigenvalue weighted by Crippen LogP contribution is -2.14. The number of aliphatic hydroxyl groups excluding tert-OH is 1. The smallest absolute Gasteiger partial charge is 0.125 e. The van der Waals surface area contributed by atoms with Crippen molar-refractivity contribution >= 4 is 31.9 Å². The Hall–Kier alpha value is -0.840. The fourth-order valence-electron chi connectivity index (χ4n) is 2.76. The van der Waals surface area contributed by atoms with Gasteiger partial charge in [-0.25, -0.2) is 0 Å². The average molecular weight is 412 g/mol. The summed E-state index contributed by atoms with van der Waals surface area (Å²) in [5.74, 6) is 0.964. The van der Waals surface area contributed by atoms with Crippen LogP contribution in [0.3, 0.4) is 0 Å². The molecule has 0 saturated carbocycles. The van der Waals surface area contributed by atoms with E-state index in [-0.39, 0.29) is 0 Å². The molecule has 0 spiro atoms. The number of hydrogen-bond acceptors (Lipinski definition) is 2. The summed E-state index contributed by atoms with van der Waals surface area (Å²) in [6.45, 7) is 0.737. The Balaban J connectivity index is 1.75. The largest absolute Gasteiger partial charge is 0.493 e. The summed E-state index contributed by atoms with van der Waals surface area (Å²) in [6, 6.07) is 12.2. The number of halogens is 2. The number of hydrogen-bond donors (Lipinski definition) is 1. The molecule has 0 amide bonds. The maximum absolute atomic E-state index is 10.4. The Morgan fingerprint density at radius 1 is 1.10 bits per heavy atom. The zero-order chi connectivity index (χ0) is 14.8. The highest BCUT2D eigenvalue weighted by atomic mass is 79.9. The van der Waals surface area contributed by atoms with E-state index in [0.29, 0.717) is 12.8 Å². The average Bonchev–Trinajstić information content (AvgIpc) is 2.86. The molecule has 1 unspecified atom stereocenters. The molecule has 1 atom stereocenters. The fraction of sp³-hybridized carbons (Fsp3) is 0.294. The van der Waals surface area contributed by atoms with E-state index in [2.05, 4.69) is 37.9 Å². The summed E-state index contributed by atoms with van der Waals surface area (Å²) in [7, 11) is 0. The maximum atomic E-state index is 10.4. The quantitative estimate of drug-likeness (QED) is 0.812. The van der Waals surface area contributed by atoms with E-state index in [0.717, 1.165) is 38.8 Å². The van der Waals surface area contributed by atoms with Crippen LogP contribution in [-0.4, -0.2) is 17.8 Å². The third-order valence-electron chi connectivity index (χ3n) is 3.64. The van der Waals surface area contributed by atoms with Crippen LogP contribution in [0, 0.1) is 0 Å². The van der Waals surface area contributed by atoms with Gasteiger partial charge in [0.25, 0.3) is 0 Å². The van der Waals surface area contributed by atoms with Crippen LogP contribution < -0.4 is 4.74 Å². The molecular weight excluding hydrogens is 396 g/mol. The highest BCUT2D eigenvalue weighted by Crippen LogP contribution is 2.34. The minimum atomic E-state index is -0.415. The van der Waals surface area contributed by atoms with Gasteiger partial charge in [0.1, 0.15) is 5.75 Å². The third kappa shape index (κ3) is 3.68. The van der Waals surface area contributed by atoms with Crippen LogP contribution in [0.2, 0.25) is 0 Å². The van der Waals surface area contributed by atoms with Crippen LogP contribution in [0.4, 0.5) is 0 Å². The Bertz CT molecular complexity index is 655. The van der Waals surface area contributed by atoms with Crippen LogP contribution >= 0.6 is 31.9 Å². The van der Waals surface area contributed by atoms with Crippen molar-refractivity contribution in [2.75, 3.05) is 6.61 Å². The second kappa shape index (κ2) is 6.51. The lowest BCUT2D eigenvalue weighted by molar-refractivity contribution is 0.174. The van der Waals surface area contributed by atoms with Gasteiger partial charge in [-0.2, -0.15) is 0 Å². The van der Waals surface area contributed by atoms with Gasteiger partial charge in [0.2, 0.25) is 0 Å². The summed E-state index contributed by atoms with van der Waals surface area (Å²) < 4.78 is 7.81. The first-order valence-electron chi connectivity index (χ1n) is 6.98. The SMILES string of the molecule is OC(Cc1cccc(Br)c1)Cc1cc(Br)cc2c1OCC2. The van der Waals surface area contributed by atoms with E-state index in [1.54, 1.807) is 0 Å². The van der Waals surface area contributed by atoms with Crippen molar-refractivity contribution in [2.45, 2.75) is 25.4 Å². The number of ether oxygens (including phenoxy) is 1. The van der Waals surface area contributed by atoms with Gasteiger partial charge in [0.15, 0.2) is 0 Å². The molecule has 4 heteroatoms. The molecule has 0 aromatic heterocycles. The van der Waals surface area contributed by atoms with Gasteiger partial charge in [0, 0.05) is 21.8 Å². The summed E-state index contributed by atoms with van der Waals surface area (Å²) in [5.41, 5.74) is 3.44. The molecule has 1 aliphatic rings. The Morgan fingerprint density at radius 2 is 1.95 bits per heavy atom. The molecule has 2 aromatic carbocycles. The molecule has 0 fully saturated rings. The number of benzene rings is 2. The van der Waals surface area contributed by atoms with Gasteiger partial charge in [-0.3, -0.25) is 0 Å². The predicted molar refractivity (Wildman–Crippen MR) is 90.9 cm³/mol. The van der Waals surface area contributed by atoms with Crippen molar-refractivity contribution in [3.8, 4) is 5.75 Å². The van der Waals surface area contributed by atoms with Crippen LogP contribution in [0.1, 0.15) is 16.7 Å². The Morgan fingerprint density at radius 3 is 2.76 bits per heavy atom. The second-order valence-corrected chi connectivity index (χ2v) is 7.17. The van der Waals surface area contributed by atoms with Gasteiger partial charge >= 0.3 is 0 Å². The standard InChI is InChI=1S/C17H16Br2O2/c18-14-3-1-2-11(6-14)7-16(20)10-13-9-15(19)8-12-4-5-21-17(12)13/h1-3,6,8-9,16,20H,4-5,7,10H2. The highest BCUT2D eigenvalue weighted by molar-refractivity contribution is 9.10. The normalized spacial score (nSPS) is 14.6. The highest BCUT2D eigenvalue weighted by Gasteiger charge is 2.19. The molecule has 0 aliphatic carbocycles. The van der Waals surface area contributed by atoms with Crippen LogP contribution in [0.15, 0.2) is 45.3 Å². The Labute approximate surface area is 141 Å². The molecule has 2 aromatic rings. The van der Waals surface area contributed by atoms with E-state index in [4.69, 9.17) is 4.74 Å². The van der Waals surface area contributed by atoms with Gasteiger partial charge in [-0.1, -0.05) is 44.0 Å². The van der Waals surface area contributed by atoms with E-state index in [1.807, 2.05) is 30.3 Å². The number of fused-ring (bicyclic) bond motifs is 1. The van der Waals surface area contributed by atoms with Gasteiger partial charge < -0.3 is 9.84 Å². The van der Waals surface area contributed by atoms with Crippen molar-refractivity contribution in [1.29, 1.82) is 0 Å². The van der Waals surface area contributed by atoms with Crippen molar-refractivity contribution in [2.24, 2.45) is 0 Å². The molecule has 1 N–H and O–H groups in total. The minimum absolute atomic E-state index is 0.415. The predicted octanol–water partition coefficient (Wildman–Crippen LogP) is 4.29. The molecule has 3 rings (SSSR count). The van der Waals surface area contributed by atoms with E-state index in [1.165, 1.54) is 5.56 Å². The molecule has 2 nitrogen and oxygen atoms in total. The summed E-state index contributed by atoms with van der Waals surface area (Å²) >= 11 is 7.00. The number of rotatable bonds is 4. The molecule has 0 saturated heterocycles. The zero-order valence-electron chi connectivity index (χ0n) is 11.5. The van der Waals surface area contributed by atoms with Crippen LogP contribution in [0.5, 0.6) is 5.75 Å². The van der Waals surface area contributed by atoms with E-state index < -0.39 is 6.10 Å². The third-order valence-corrected chi connectivity index (χ3v) is 4.59. The van der Waals surface area contributed by atoms with Crippen molar-refractivity contribution < 1.29 is 9.84 Å². The fourth-order valence-corrected chi connectivity index (χ4v) is 3.76. The first-order chi connectivity index (χ1) is 10.1. The summed E-state index contributed by atoms with van der Waals surface area (Å²) in [5, 5.41) is 10.4. The lowest BCUT2D eigenvalue weighted by Gasteiger charge is -2.14. The molecule has 110 valence electrons. The first-order valence-corrected chi connectivity index (χ1v) is 8.57. The summed E-state index contributed by atoms with van der Waals surface area (Å²) in [6.07, 6.45) is 1.78. The molecule has 0 bridgehead atoms. The minimum Gasteiger partial charge on any atom is -0.493 e. The lowest BCUT2D eigenvalue weighted by atomic mass is 9.99. The van der Waals surface area contributed by atoms with E-state index in [9.17, 15) is 5.11 Å². The van der Waals surface area contributed by atoms with Crippen LogP contribution in [0.25, 0.3) is 0 Å². The van der Waals surface area contributed by atoms with Crippen molar-refractivity contribution in [1.82, 2.24) is 0 Å². The summed E-state index contributed by atoms with van der Waals surface area (Å²) in [4.78, 5) is 0. The van der Waals surface area contributed by atoms with Crippen molar-refractivity contribution in [3.05, 3.63) is 62.0 Å². The number of aliphatic hydroxyl groups is 1. The molecule has 0 radical (unpaired) electrons. The molecule has 21 heavy (non-hydrogen) atoms. The molecular formula is C17H16Br2O2. The first kappa shape index (κ1) is 15.1. The van der Waals surface area contributed by atoms with Gasteiger partial charge in [-0.05, 0) is 47.4 Å². The monoisotopic (exact) mass is 410 g/mol. The molecule has 1 aliphatic heterocycles. The van der Waals surface area contributed by atoms with Gasteiger partial charge in [-0.15, -0.1) is 0 Å². The van der Waals surface area contributed by atoms with Crippen LogP contribution in [-0.2, 0) is 19.3 Å². The Kier molecular flexibility index (Phi) is 4.67. The second-order valence-electron chi connectivity index (χ2n) is 5.34. The van der Waals surface area contributed by atoms with E-state index >= 15 is 0 Å². The molecule has 1 heterocycles. The topological polar surface area (TPSA) is 29.5 Å². The van der Waals surface area contributed by atoms with Gasteiger partial charge in [0.05, 0.1) is 12.7 Å².